The molecule has 1 aromatic carbocycles. The normalized spacial score (nSPS) is 12.2. The first kappa shape index (κ1) is 22.2. The molecule has 0 aliphatic rings. The fourth-order valence-corrected chi connectivity index (χ4v) is 3.13. The van der Waals surface area contributed by atoms with E-state index in [1.807, 2.05) is 6.07 Å². The average Bonchev–Trinajstić information content (AvgIpc) is 3.43. The zero-order valence-electron chi connectivity index (χ0n) is 16.8. The van der Waals surface area contributed by atoms with Crippen LogP contribution < -0.4 is 10.2 Å². The lowest BCUT2D eigenvalue weighted by molar-refractivity contribution is -0.287. The van der Waals surface area contributed by atoms with Gasteiger partial charge in [0.1, 0.15) is 12.2 Å². The average molecular weight is 466 g/mol. The van der Waals surface area contributed by atoms with Crippen LogP contribution in [0.25, 0.3) is 28.3 Å². The third-order valence-electron chi connectivity index (χ3n) is 4.72. The molecule has 0 radical (unpaired) electrons. The van der Waals surface area contributed by atoms with Gasteiger partial charge in [-0.05, 0) is 18.2 Å². The van der Waals surface area contributed by atoms with Crippen LogP contribution in [0.15, 0.2) is 59.8 Å². The maximum atomic E-state index is 13.3. The zero-order valence-corrected chi connectivity index (χ0v) is 16.8. The Hall–Kier alpha value is -4.03. The minimum atomic E-state index is -5.73. The van der Waals surface area contributed by atoms with Crippen molar-refractivity contribution in [3.05, 3.63) is 65.2 Å². The highest BCUT2D eigenvalue weighted by molar-refractivity contribution is 5.68. The van der Waals surface area contributed by atoms with Crippen LogP contribution in [0.4, 0.5) is 22.0 Å². The lowest BCUT2D eigenvalue weighted by Gasteiger charge is -2.19. The molecule has 0 unspecified atom stereocenters. The Morgan fingerprint density at radius 3 is 2.45 bits per heavy atom. The highest BCUT2D eigenvalue weighted by Crippen LogP contribution is 2.37. The summed E-state index contributed by atoms with van der Waals surface area (Å²) in [4.78, 5) is 13.1. The largest absolute Gasteiger partial charge is 0.491 e. The molecule has 0 spiro atoms. The number of ether oxygens (including phenoxy) is 1. The van der Waals surface area contributed by atoms with Crippen molar-refractivity contribution < 1.29 is 26.7 Å². The number of alkyl halides is 5. The predicted octanol–water partition coefficient (Wildman–Crippen LogP) is 3.69. The first-order chi connectivity index (χ1) is 15.6. The van der Waals surface area contributed by atoms with Crippen molar-refractivity contribution in [2.75, 3.05) is 7.11 Å². The quantitative estimate of drug-likeness (QED) is 0.438. The third-order valence-corrected chi connectivity index (χ3v) is 4.72. The van der Waals surface area contributed by atoms with Crippen LogP contribution in [0.3, 0.4) is 0 Å². The number of benzene rings is 1. The highest BCUT2D eigenvalue weighted by Gasteiger charge is 2.57. The highest BCUT2D eigenvalue weighted by atomic mass is 19.4. The molecular formula is C20H15F5N6O2. The summed E-state index contributed by atoms with van der Waals surface area (Å²) in [6.45, 7) is -1.72. The molecule has 0 saturated carbocycles. The van der Waals surface area contributed by atoms with Crippen molar-refractivity contribution in [3.63, 3.8) is 0 Å². The van der Waals surface area contributed by atoms with Crippen LogP contribution in [-0.4, -0.2) is 49.0 Å². The van der Waals surface area contributed by atoms with Crippen LogP contribution >= 0.6 is 0 Å². The second kappa shape index (κ2) is 8.15. The summed E-state index contributed by atoms with van der Waals surface area (Å²) < 4.78 is 71.2. The minimum absolute atomic E-state index is 0.0291. The minimum Gasteiger partial charge on any atom is -0.491 e. The molecular weight excluding hydrogens is 451 g/mol. The lowest BCUT2D eigenvalue weighted by Crippen LogP contribution is -2.40. The first-order valence-electron chi connectivity index (χ1n) is 9.36. The van der Waals surface area contributed by atoms with E-state index < -0.39 is 24.1 Å². The third kappa shape index (κ3) is 4.08. The Kier molecular flexibility index (Phi) is 5.47. The summed E-state index contributed by atoms with van der Waals surface area (Å²) in [6.07, 6.45) is -2.29. The number of aromatic nitrogens is 6. The van der Waals surface area contributed by atoms with E-state index in [2.05, 4.69) is 20.4 Å². The zero-order chi connectivity index (χ0) is 23.8. The molecule has 0 saturated heterocycles. The van der Waals surface area contributed by atoms with Crippen molar-refractivity contribution >= 4 is 0 Å². The number of nitrogens with zero attached hydrogens (tertiary/aromatic N) is 5. The molecule has 0 amide bonds. The molecule has 3 aromatic heterocycles. The van der Waals surface area contributed by atoms with Gasteiger partial charge in [-0.1, -0.05) is 18.2 Å². The van der Waals surface area contributed by atoms with E-state index in [9.17, 15) is 26.7 Å². The number of nitrogens with one attached hydrogen (secondary N) is 1. The van der Waals surface area contributed by atoms with Crippen molar-refractivity contribution in [2.24, 2.45) is 0 Å². The fourth-order valence-electron chi connectivity index (χ4n) is 3.13. The topological polar surface area (TPSA) is 90.6 Å². The number of H-pyrrole nitrogens is 1. The van der Waals surface area contributed by atoms with E-state index >= 15 is 0 Å². The van der Waals surface area contributed by atoms with Gasteiger partial charge in [0.2, 0.25) is 0 Å². The van der Waals surface area contributed by atoms with Gasteiger partial charge in [0.05, 0.1) is 30.9 Å². The molecule has 4 aromatic rings. The Balaban J connectivity index is 1.72. The Morgan fingerprint density at radius 2 is 1.79 bits per heavy atom. The van der Waals surface area contributed by atoms with Crippen LogP contribution in [-0.2, 0) is 6.54 Å². The summed E-state index contributed by atoms with van der Waals surface area (Å²) in [5.41, 5.74) is 0.364. The smallest absolute Gasteiger partial charge is 0.455 e. The van der Waals surface area contributed by atoms with Crippen LogP contribution in [0, 0.1) is 0 Å². The second-order valence-electron chi connectivity index (χ2n) is 6.90. The van der Waals surface area contributed by atoms with Crippen LogP contribution in [0.1, 0.15) is 0 Å². The van der Waals surface area contributed by atoms with E-state index in [4.69, 9.17) is 4.74 Å². The molecule has 0 aliphatic carbocycles. The van der Waals surface area contributed by atoms with Gasteiger partial charge in [-0.15, -0.1) is 0 Å². The van der Waals surface area contributed by atoms with E-state index in [-0.39, 0.29) is 22.7 Å². The van der Waals surface area contributed by atoms with E-state index in [1.165, 1.54) is 18.0 Å². The van der Waals surface area contributed by atoms with Gasteiger partial charge >= 0.3 is 12.1 Å². The molecule has 33 heavy (non-hydrogen) atoms. The Bertz CT molecular complexity index is 1330. The fraction of sp³-hybridized carbons (Fsp3) is 0.200. The van der Waals surface area contributed by atoms with Crippen LogP contribution in [0.2, 0.25) is 0 Å². The van der Waals surface area contributed by atoms with Gasteiger partial charge in [-0.2, -0.15) is 37.2 Å². The van der Waals surface area contributed by atoms with E-state index in [0.29, 0.717) is 16.1 Å². The van der Waals surface area contributed by atoms with Gasteiger partial charge in [0, 0.05) is 11.8 Å². The van der Waals surface area contributed by atoms with Crippen molar-refractivity contribution in [1.29, 1.82) is 0 Å². The molecule has 1 N–H and O–H groups in total. The number of para-hydroxylation sites is 1. The lowest BCUT2D eigenvalue weighted by atomic mass is 10.2. The predicted molar refractivity (Wildman–Crippen MR) is 106 cm³/mol. The Labute approximate surface area is 182 Å². The number of hydrogen-bond donors (Lipinski definition) is 1. The first-order valence-corrected chi connectivity index (χ1v) is 9.36. The van der Waals surface area contributed by atoms with Crippen molar-refractivity contribution in [3.8, 4) is 34.1 Å². The van der Waals surface area contributed by atoms with Crippen molar-refractivity contribution in [1.82, 2.24) is 29.8 Å². The molecule has 0 atom stereocenters. The second-order valence-corrected chi connectivity index (χ2v) is 6.90. The maximum Gasteiger partial charge on any atom is 0.455 e. The number of rotatable bonds is 6. The standard InChI is InChI=1S/C20H15F5N6O2/c1-33-18-15(12-9-27-30(10-12)11-19(21,22)20(23,24)25)28-29-16(17(18)32)14-7-8-26-31(14)13-5-3-2-4-6-13/h2-10H,11H2,1H3,(H,28,32). The number of hydrogen-bond acceptors (Lipinski definition) is 5. The van der Waals surface area contributed by atoms with Gasteiger partial charge in [0.25, 0.3) is 5.43 Å². The summed E-state index contributed by atoms with van der Waals surface area (Å²) in [7, 11) is 1.22. The molecule has 13 heteroatoms. The monoisotopic (exact) mass is 466 g/mol. The number of aromatic amines is 1. The van der Waals surface area contributed by atoms with E-state index in [1.54, 1.807) is 30.3 Å². The molecule has 4 rings (SSSR count). The molecule has 8 nitrogen and oxygen atoms in total. The van der Waals surface area contributed by atoms with Crippen LogP contribution in [0.5, 0.6) is 5.75 Å². The van der Waals surface area contributed by atoms with E-state index in [0.717, 1.165) is 12.4 Å². The summed E-state index contributed by atoms with van der Waals surface area (Å²) in [6, 6.07) is 10.5. The molecule has 3 heterocycles. The molecule has 0 bridgehead atoms. The van der Waals surface area contributed by atoms with Gasteiger partial charge in [0.15, 0.2) is 11.4 Å². The summed E-state index contributed by atoms with van der Waals surface area (Å²) >= 11 is 0. The maximum absolute atomic E-state index is 13.3. The number of methoxy groups -OCH3 is 1. The Morgan fingerprint density at radius 1 is 1.06 bits per heavy atom. The van der Waals surface area contributed by atoms with Crippen molar-refractivity contribution in [2.45, 2.75) is 18.6 Å². The SMILES string of the molecule is COc1c(-c2cnn(CC(F)(F)C(F)(F)F)c2)[nH]nc(-c2ccnn2-c2ccccc2)c1=O. The summed E-state index contributed by atoms with van der Waals surface area (Å²) in [5, 5.41) is 14.4. The van der Waals surface area contributed by atoms with Gasteiger partial charge < -0.3 is 4.74 Å². The number of halogens is 5. The summed E-state index contributed by atoms with van der Waals surface area (Å²) in [5.74, 6) is -5.20. The van der Waals surface area contributed by atoms with Gasteiger partial charge in [-0.25, -0.2) is 4.68 Å². The molecule has 0 aliphatic heterocycles. The molecule has 172 valence electrons. The molecule has 0 fully saturated rings. The van der Waals surface area contributed by atoms with Gasteiger partial charge in [-0.3, -0.25) is 14.6 Å².